The molecule has 1 N–H and O–H groups in total. The molecule has 2 rings (SSSR count). The van der Waals surface area contributed by atoms with Crippen molar-refractivity contribution in [2.75, 3.05) is 27.2 Å². The van der Waals surface area contributed by atoms with E-state index in [2.05, 4.69) is 0 Å². The summed E-state index contributed by atoms with van der Waals surface area (Å²) in [6, 6.07) is 1.46. The number of carbonyl (C=O) groups is 2. The molecule has 1 amide bonds. The van der Waals surface area contributed by atoms with Gasteiger partial charge in [-0.15, -0.1) is 11.3 Å². The number of thiophene rings is 1. The maximum atomic E-state index is 12.8. The summed E-state index contributed by atoms with van der Waals surface area (Å²) in [5, 5.41) is 10.4. The van der Waals surface area contributed by atoms with E-state index in [1.54, 1.807) is 10.3 Å². The molecule has 1 saturated heterocycles. The van der Waals surface area contributed by atoms with Crippen LogP contribution in [0.2, 0.25) is 0 Å². The van der Waals surface area contributed by atoms with Gasteiger partial charge in [0.2, 0.25) is 10.0 Å². The first kappa shape index (κ1) is 18.9. The molecule has 0 saturated carbocycles. The van der Waals surface area contributed by atoms with E-state index < -0.39 is 16.0 Å². The molecule has 1 aliphatic rings. The van der Waals surface area contributed by atoms with Gasteiger partial charge in [0.15, 0.2) is 0 Å². The largest absolute Gasteiger partial charge is 0.481 e. The fourth-order valence-corrected chi connectivity index (χ4v) is 5.07. The Kier molecular flexibility index (Phi) is 6.00. The van der Waals surface area contributed by atoms with Crippen LogP contribution in [0, 0.1) is 5.92 Å². The van der Waals surface area contributed by atoms with Gasteiger partial charge in [-0.3, -0.25) is 9.59 Å². The fraction of sp³-hybridized carbons (Fsp3) is 0.600. The normalized spacial score (nSPS) is 18.8. The van der Waals surface area contributed by atoms with Crippen LogP contribution >= 0.6 is 11.3 Å². The number of sulfonamides is 1. The van der Waals surface area contributed by atoms with E-state index in [9.17, 15) is 18.0 Å². The molecular formula is C15H22N2O5S2. The summed E-state index contributed by atoms with van der Waals surface area (Å²) >= 11 is 1.12. The Morgan fingerprint density at radius 1 is 1.42 bits per heavy atom. The van der Waals surface area contributed by atoms with Gasteiger partial charge in [-0.1, -0.05) is 0 Å². The third kappa shape index (κ3) is 4.14. The monoisotopic (exact) mass is 374 g/mol. The van der Waals surface area contributed by atoms with Crippen molar-refractivity contribution in [3.8, 4) is 0 Å². The van der Waals surface area contributed by atoms with Crippen molar-refractivity contribution in [1.29, 1.82) is 0 Å². The second-order valence-electron chi connectivity index (χ2n) is 6.09. The van der Waals surface area contributed by atoms with Gasteiger partial charge in [0.05, 0.1) is 0 Å². The van der Waals surface area contributed by atoms with Crippen molar-refractivity contribution >= 4 is 33.2 Å². The number of rotatable bonds is 6. The minimum Gasteiger partial charge on any atom is -0.481 e. The molecule has 1 unspecified atom stereocenters. The van der Waals surface area contributed by atoms with Crippen LogP contribution in [0.5, 0.6) is 0 Å². The lowest BCUT2D eigenvalue weighted by molar-refractivity contribution is -0.137. The molecule has 24 heavy (non-hydrogen) atoms. The Labute approximate surface area is 145 Å². The van der Waals surface area contributed by atoms with E-state index in [0.717, 1.165) is 28.5 Å². The summed E-state index contributed by atoms with van der Waals surface area (Å²) < 4.78 is 25.8. The van der Waals surface area contributed by atoms with Gasteiger partial charge < -0.3 is 10.0 Å². The van der Waals surface area contributed by atoms with E-state index in [0.29, 0.717) is 19.5 Å². The molecule has 0 aromatic carbocycles. The maximum absolute atomic E-state index is 12.8. The van der Waals surface area contributed by atoms with Gasteiger partial charge in [0, 0.05) is 33.6 Å². The molecular weight excluding hydrogens is 352 g/mol. The number of aliphatic carboxylic acids is 1. The number of nitrogens with zero attached hydrogens (tertiary/aromatic N) is 2. The van der Waals surface area contributed by atoms with Gasteiger partial charge in [0.1, 0.15) is 9.77 Å². The van der Waals surface area contributed by atoms with E-state index >= 15 is 0 Å². The highest BCUT2D eigenvalue weighted by atomic mass is 32.2. The van der Waals surface area contributed by atoms with E-state index in [1.165, 1.54) is 20.2 Å². The van der Waals surface area contributed by atoms with Gasteiger partial charge in [-0.2, -0.15) is 0 Å². The van der Waals surface area contributed by atoms with Crippen LogP contribution in [0.3, 0.4) is 0 Å². The Balaban J connectivity index is 2.15. The molecule has 134 valence electrons. The Bertz CT molecular complexity index is 711. The highest BCUT2D eigenvalue weighted by Crippen LogP contribution is 2.28. The van der Waals surface area contributed by atoms with Gasteiger partial charge in [-0.05, 0) is 36.6 Å². The SMILES string of the molecule is CN(C)S(=O)(=O)c1ccsc1C(=O)N1CCCC(CCC(=O)O)C1. The number of hydrogen-bond donors (Lipinski definition) is 1. The number of likely N-dealkylation sites (tertiary alicyclic amines) is 1. The molecule has 0 aliphatic carbocycles. The fourth-order valence-electron chi connectivity index (χ4n) is 2.81. The van der Waals surface area contributed by atoms with Crippen LogP contribution in [0.25, 0.3) is 0 Å². The molecule has 1 atom stereocenters. The first-order chi connectivity index (χ1) is 11.2. The third-order valence-electron chi connectivity index (χ3n) is 4.15. The number of carbonyl (C=O) groups excluding carboxylic acids is 1. The lowest BCUT2D eigenvalue weighted by atomic mass is 9.93. The highest BCUT2D eigenvalue weighted by molar-refractivity contribution is 7.89. The van der Waals surface area contributed by atoms with Crippen molar-refractivity contribution in [2.45, 2.75) is 30.6 Å². The van der Waals surface area contributed by atoms with Crippen LogP contribution in [-0.2, 0) is 14.8 Å². The molecule has 9 heteroatoms. The van der Waals surface area contributed by atoms with E-state index in [4.69, 9.17) is 5.11 Å². The zero-order chi connectivity index (χ0) is 17.9. The number of piperidine rings is 1. The van der Waals surface area contributed by atoms with Crippen LogP contribution in [-0.4, -0.2) is 61.8 Å². The smallest absolute Gasteiger partial charge is 0.303 e. The molecule has 0 bridgehead atoms. The third-order valence-corrected chi connectivity index (χ3v) is 7.04. The number of hydrogen-bond acceptors (Lipinski definition) is 5. The molecule has 1 aromatic rings. The van der Waals surface area contributed by atoms with Gasteiger partial charge >= 0.3 is 5.97 Å². The van der Waals surface area contributed by atoms with E-state index in [1.807, 2.05) is 0 Å². The molecule has 2 heterocycles. The molecule has 0 spiro atoms. The molecule has 1 fully saturated rings. The summed E-state index contributed by atoms with van der Waals surface area (Å²) in [6.07, 6.45) is 2.32. The van der Waals surface area contributed by atoms with Crippen molar-refractivity contribution in [2.24, 2.45) is 5.92 Å². The van der Waals surface area contributed by atoms with Crippen LogP contribution in [0.1, 0.15) is 35.4 Å². The molecule has 0 radical (unpaired) electrons. The number of carboxylic acids is 1. The Morgan fingerprint density at radius 2 is 2.12 bits per heavy atom. The second-order valence-corrected chi connectivity index (χ2v) is 9.13. The van der Waals surface area contributed by atoms with Crippen molar-refractivity contribution < 1.29 is 23.1 Å². The van der Waals surface area contributed by atoms with Crippen LogP contribution in [0.4, 0.5) is 0 Å². The molecule has 7 nitrogen and oxygen atoms in total. The molecule has 1 aromatic heterocycles. The lowest BCUT2D eigenvalue weighted by Crippen LogP contribution is -2.40. The van der Waals surface area contributed by atoms with Gasteiger partial charge in [-0.25, -0.2) is 12.7 Å². The highest BCUT2D eigenvalue weighted by Gasteiger charge is 2.31. The van der Waals surface area contributed by atoms with Gasteiger partial charge in [0.25, 0.3) is 5.91 Å². The Hall–Kier alpha value is -1.45. The zero-order valence-corrected chi connectivity index (χ0v) is 15.4. The first-order valence-electron chi connectivity index (χ1n) is 7.74. The minimum atomic E-state index is -3.66. The molecule has 1 aliphatic heterocycles. The average molecular weight is 374 g/mol. The van der Waals surface area contributed by atoms with Crippen LogP contribution < -0.4 is 0 Å². The summed E-state index contributed by atoms with van der Waals surface area (Å²) in [7, 11) is -0.795. The number of amides is 1. The zero-order valence-electron chi connectivity index (χ0n) is 13.8. The van der Waals surface area contributed by atoms with Crippen molar-refractivity contribution in [3.05, 3.63) is 16.3 Å². The predicted molar refractivity (Wildman–Crippen MR) is 90.7 cm³/mol. The second kappa shape index (κ2) is 7.62. The van der Waals surface area contributed by atoms with Crippen molar-refractivity contribution in [3.63, 3.8) is 0 Å². The quantitative estimate of drug-likeness (QED) is 0.818. The van der Waals surface area contributed by atoms with E-state index in [-0.39, 0.29) is 28.0 Å². The summed E-state index contributed by atoms with van der Waals surface area (Å²) in [4.78, 5) is 25.4. The van der Waals surface area contributed by atoms with Crippen molar-refractivity contribution in [1.82, 2.24) is 9.21 Å². The lowest BCUT2D eigenvalue weighted by Gasteiger charge is -2.32. The Morgan fingerprint density at radius 3 is 2.75 bits per heavy atom. The topological polar surface area (TPSA) is 95.0 Å². The average Bonchev–Trinajstić information content (AvgIpc) is 3.02. The summed E-state index contributed by atoms with van der Waals surface area (Å²) in [5.74, 6) is -0.978. The maximum Gasteiger partial charge on any atom is 0.303 e. The summed E-state index contributed by atoms with van der Waals surface area (Å²) in [5.41, 5.74) is 0. The predicted octanol–water partition coefficient (Wildman–Crippen LogP) is 1.72. The standard InChI is InChI=1S/C15H22N2O5S2/c1-16(2)24(21,22)12-7-9-23-14(12)15(20)17-8-3-4-11(10-17)5-6-13(18)19/h7,9,11H,3-6,8,10H2,1-2H3,(H,18,19). The van der Waals surface area contributed by atoms with Crippen LogP contribution in [0.15, 0.2) is 16.3 Å². The summed E-state index contributed by atoms with van der Waals surface area (Å²) in [6.45, 7) is 1.05. The first-order valence-corrected chi connectivity index (χ1v) is 10.1. The number of carboxylic acid groups (broad SMARTS) is 1. The minimum absolute atomic E-state index is 0.0372.